The van der Waals surface area contributed by atoms with Crippen molar-refractivity contribution in [3.8, 4) is 5.75 Å². The van der Waals surface area contributed by atoms with Gasteiger partial charge in [0.25, 0.3) is 0 Å². The lowest BCUT2D eigenvalue weighted by Gasteiger charge is -2.39. The summed E-state index contributed by atoms with van der Waals surface area (Å²) in [6.45, 7) is 6.24. The van der Waals surface area contributed by atoms with Crippen LogP contribution in [0.4, 0.5) is 5.69 Å². The highest BCUT2D eigenvalue weighted by molar-refractivity contribution is 7.10. The quantitative estimate of drug-likeness (QED) is 0.748. The van der Waals surface area contributed by atoms with Gasteiger partial charge >= 0.3 is 0 Å². The van der Waals surface area contributed by atoms with Gasteiger partial charge < -0.3 is 19.9 Å². The minimum Gasteiger partial charge on any atom is -0.495 e. The molecule has 0 bridgehead atoms. The number of methoxy groups -OCH3 is 1. The lowest BCUT2D eigenvalue weighted by Crippen LogP contribution is -3.16. The second kappa shape index (κ2) is 8.53. The zero-order valence-corrected chi connectivity index (χ0v) is 17.5. The molecule has 2 fully saturated rings. The van der Waals surface area contributed by atoms with E-state index in [0.717, 1.165) is 44.8 Å². The molecule has 2 aromatic rings. The number of anilines is 1. The van der Waals surface area contributed by atoms with Crippen LogP contribution in [0.1, 0.15) is 30.7 Å². The second-order valence-corrected chi connectivity index (χ2v) is 8.86. The highest BCUT2D eigenvalue weighted by atomic mass is 32.1. The molecular weight excluding hydrogens is 370 g/mol. The lowest BCUT2D eigenvalue weighted by atomic mass is 10.0. The zero-order chi connectivity index (χ0) is 19.5. The molecule has 1 aromatic carbocycles. The Balaban J connectivity index is 1.45. The molecule has 1 aliphatic carbocycles. The number of nitrogens with zero attached hydrogens (tertiary/aromatic N) is 1. The minimum atomic E-state index is 0.138. The van der Waals surface area contributed by atoms with E-state index in [1.807, 2.05) is 12.1 Å². The SMILES string of the molecule is COc1ccccc1N1CC[NH+]([C@@H](c2cccs2)[C@@H](C)NC(=O)C2CC2)CC1. The summed E-state index contributed by atoms with van der Waals surface area (Å²) in [7, 11) is 1.73. The third kappa shape index (κ3) is 4.18. The number of nitrogens with one attached hydrogen (secondary N) is 2. The molecule has 150 valence electrons. The average Bonchev–Trinajstić information content (AvgIpc) is 3.45. The summed E-state index contributed by atoms with van der Waals surface area (Å²) >= 11 is 1.80. The van der Waals surface area contributed by atoms with Crippen molar-refractivity contribution in [3.05, 3.63) is 46.7 Å². The van der Waals surface area contributed by atoms with Crippen molar-refractivity contribution in [3.63, 3.8) is 0 Å². The fraction of sp³-hybridized carbons (Fsp3) is 0.500. The first-order chi connectivity index (χ1) is 13.7. The number of ether oxygens (including phenoxy) is 1. The van der Waals surface area contributed by atoms with E-state index >= 15 is 0 Å². The molecule has 2 N–H and O–H groups in total. The molecule has 5 nitrogen and oxygen atoms in total. The van der Waals surface area contributed by atoms with Crippen molar-refractivity contribution in [1.29, 1.82) is 0 Å². The van der Waals surface area contributed by atoms with Gasteiger partial charge in [-0.25, -0.2) is 0 Å². The van der Waals surface area contributed by atoms with Crippen molar-refractivity contribution < 1.29 is 14.4 Å². The van der Waals surface area contributed by atoms with Crippen LogP contribution < -0.4 is 19.9 Å². The number of piperazine rings is 1. The summed E-state index contributed by atoms with van der Waals surface area (Å²) in [5.74, 6) is 1.43. The number of quaternary nitrogens is 1. The maximum atomic E-state index is 12.3. The fourth-order valence-electron chi connectivity index (χ4n) is 4.28. The maximum absolute atomic E-state index is 12.3. The minimum absolute atomic E-state index is 0.138. The van der Waals surface area contributed by atoms with Crippen LogP contribution in [0.3, 0.4) is 0 Å². The number of hydrogen-bond acceptors (Lipinski definition) is 4. The van der Waals surface area contributed by atoms with Gasteiger partial charge in [-0.05, 0) is 43.3 Å². The highest BCUT2D eigenvalue weighted by Crippen LogP contribution is 2.30. The summed E-state index contributed by atoms with van der Waals surface area (Å²) in [5.41, 5.74) is 1.17. The Morgan fingerprint density at radius 1 is 1.21 bits per heavy atom. The highest BCUT2D eigenvalue weighted by Gasteiger charge is 2.37. The molecule has 1 saturated carbocycles. The van der Waals surface area contributed by atoms with Gasteiger partial charge in [-0.1, -0.05) is 18.2 Å². The summed E-state index contributed by atoms with van der Waals surface area (Å²) in [5, 5.41) is 5.44. The van der Waals surface area contributed by atoms with Crippen molar-refractivity contribution in [2.24, 2.45) is 5.92 Å². The van der Waals surface area contributed by atoms with E-state index in [1.54, 1.807) is 23.3 Å². The van der Waals surface area contributed by atoms with Gasteiger partial charge in [0.2, 0.25) is 5.91 Å². The Labute approximate surface area is 171 Å². The number of carbonyl (C=O) groups is 1. The number of amides is 1. The Bertz CT molecular complexity index is 783. The average molecular weight is 401 g/mol. The number of hydrogen-bond donors (Lipinski definition) is 2. The summed E-state index contributed by atoms with van der Waals surface area (Å²) < 4.78 is 5.55. The Morgan fingerprint density at radius 3 is 2.61 bits per heavy atom. The number of para-hydroxylation sites is 2. The number of thiophene rings is 1. The van der Waals surface area contributed by atoms with Crippen LogP contribution in [0.15, 0.2) is 41.8 Å². The van der Waals surface area contributed by atoms with Gasteiger partial charge in [-0.15, -0.1) is 11.3 Å². The predicted molar refractivity (Wildman–Crippen MR) is 113 cm³/mol. The van der Waals surface area contributed by atoms with Crippen molar-refractivity contribution in [2.45, 2.75) is 31.8 Å². The summed E-state index contributed by atoms with van der Waals surface area (Å²) in [4.78, 5) is 17.7. The smallest absolute Gasteiger partial charge is 0.223 e. The van der Waals surface area contributed by atoms with Crippen LogP contribution in [0, 0.1) is 5.92 Å². The van der Waals surface area contributed by atoms with Crippen LogP contribution >= 0.6 is 11.3 Å². The van der Waals surface area contributed by atoms with Gasteiger partial charge in [0, 0.05) is 5.92 Å². The first-order valence-electron chi connectivity index (χ1n) is 10.2. The molecular formula is C22H30N3O2S+. The molecule has 28 heavy (non-hydrogen) atoms. The Hall–Kier alpha value is -2.05. The molecule has 0 radical (unpaired) electrons. The third-order valence-electron chi connectivity index (χ3n) is 5.94. The van der Waals surface area contributed by atoms with E-state index in [9.17, 15) is 4.79 Å². The number of carbonyl (C=O) groups excluding carboxylic acids is 1. The van der Waals surface area contributed by atoms with Gasteiger partial charge in [0.05, 0.1) is 49.9 Å². The Morgan fingerprint density at radius 2 is 1.96 bits per heavy atom. The first kappa shape index (κ1) is 19.3. The van der Waals surface area contributed by atoms with E-state index < -0.39 is 0 Å². The molecule has 1 saturated heterocycles. The summed E-state index contributed by atoms with van der Waals surface area (Å²) in [6.07, 6.45) is 2.10. The van der Waals surface area contributed by atoms with Gasteiger partial charge in [0.15, 0.2) is 0 Å². The van der Waals surface area contributed by atoms with Gasteiger partial charge in [-0.3, -0.25) is 4.79 Å². The molecule has 0 unspecified atom stereocenters. The molecule has 2 atom stereocenters. The molecule has 1 amide bonds. The normalized spacial score (nSPS) is 19.9. The van der Waals surface area contributed by atoms with Crippen LogP contribution in [-0.2, 0) is 4.79 Å². The third-order valence-corrected chi connectivity index (χ3v) is 6.89. The van der Waals surface area contributed by atoms with Gasteiger partial charge in [-0.2, -0.15) is 0 Å². The van der Waals surface area contributed by atoms with E-state index in [2.05, 4.69) is 46.8 Å². The zero-order valence-electron chi connectivity index (χ0n) is 16.7. The fourth-order valence-corrected chi connectivity index (χ4v) is 5.27. The van der Waals surface area contributed by atoms with E-state index in [0.29, 0.717) is 6.04 Å². The number of rotatable bonds is 7. The lowest BCUT2D eigenvalue weighted by molar-refractivity contribution is -0.933. The van der Waals surface area contributed by atoms with E-state index in [4.69, 9.17) is 4.74 Å². The molecule has 4 rings (SSSR count). The van der Waals surface area contributed by atoms with Crippen molar-refractivity contribution >= 4 is 22.9 Å². The predicted octanol–water partition coefficient (Wildman–Crippen LogP) is 2.12. The van der Waals surface area contributed by atoms with Gasteiger partial charge in [0.1, 0.15) is 11.8 Å². The summed E-state index contributed by atoms with van der Waals surface area (Å²) in [6, 6.07) is 13.0. The van der Waals surface area contributed by atoms with E-state index in [1.165, 1.54) is 10.6 Å². The largest absolute Gasteiger partial charge is 0.495 e. The molecule has 0 spiro atoms. The maximum Gasteiger partial charge on any atom is 0.223 e. The second-order valence-electron chi connectivity index (χ2n) is 7.88. The number of benzene rings is 1. The standard InChI is InChI=1S/C22H29N3O2S/c1-16(23-22(26)17-9-10-17)21(20-8-5-15-28-20)25-13-11-24(12-14-25)18-6-3-4-7-19(18)27-2/h3-8,15-17,21H,9-14H2,1-2H3,(H,23,26)/p+1/t16-,21-/m1/s1. The molecule has 1 aliphatic heterocycles. The van der Waals surface area contributed by atoms with Crippen molar-refractivity contribution in [1.82, 2.24) is 5.32 Å². The topological polar surface area (TPSA) is 46.0 Å². The van der Waals surface area contributed by atoms with Crippen molar-refractivity contribution in [2.75, 3.05) is 38.2 Å². The van der Waals surface area contributed by atoms with Crippen LogP contribution in [0.2, 0.25) is 0 Å². The molecule has 1 aromatic heterocycles. The first-order valence-corrected chi connectivity index (χ1v) is 11.1. The van der Waals surface area contributed by atoms with Crippen LogP contribution in [0.25, 0.3) is 0 Å². The molecule has 2 aliphatic rings. The van der Waals surface area contributed by atoms with Crippen LogP contribution in [0.5, 0.6) is 5.75 Å². The molecule has 6 heteroatoms. The van der Waals surface area contributed by atoms with E-state index in [-0.39, 0.29) is 17.9 Å². The van der Waals surface area contributed by atoms with Crippen LogP contribution in [-0.4, -0.2) is 45.2 Å². The molecule has 2 heterocycles. The Kier molecular flexibility index (Phi) is 5.87. The monoisotopic (exact) mass is 400 g/mol.